The Kier molecular flexibility index (Phi) is 5.65. The van der Waals surface area contributed by atoms with Crippen molar-refractivity contribution in [3.63, 3.8) is 0 Å². The summed E-state index contributed by atoms with van der Waals surface area (Å²) in [6, 6.07) is 5.98. The zero-order valence-corrected chi connectivity index (χ0v) is 12.1. The normalized spacial score (nSPS) is 18.2. The molecule has 0 saturated carbocycles. The van der Waals surface area contributed by atoms with Gasteiger partial charge in [-0.15, -0.1) is 0 Å². The second-order valence-electron chi connectivity index (χ2n) is 5.38. The molecule has 1 aliphatic rings. The minimum atomic E-state index is -4.38. The summed E-state index contributed by atoms with van der Waals surface area (Å²) in [6.45, 7) is 0.581. The summed E-state index contributed by atoms with van der Waals surface area (Å²) in [7, 11) is 0. The highest BCUT2D eigenvalue weighted by Crippen LogP contribution is 2.22. The maximum Gasteiger partial charge on any atom is 0.422 e. The fourth-order valence-corrected chi connectivity index (χ4v) is 2.35. The number of halogens is 3. The molecule has 4 nitrogen and oxygen atoms in total. The van der Waals surface area contributed by atoms with Crippen molar-refractivity contribution < 1.29 is 22.7 Å². The van der Waals surface area contributed by atoms with Gasteiger partial charge in [-0.25, -0.2) is 0 Å². The van der Waals surface area contributed by atoms with E-state index in [4.69, 9.17) is 0 Å². The Morgan fingerprint density at radius 2 is 2.23 bits per heavy atom. The van der Waals surface area contributed by atoms with E-state index in [1.807, 2.05) is 0 Å². The number of hydrogen-bond acceptors (Lipinski definition) is 3. The number of carbonyl (C=O) groups is 1. The van der Waals surface area contributed by atoms with E-state index in [1.165, 1.54) is 12.1 Å². The van der Waals surface area contributed by atoms with Crippen molar-refractivity contribution in [2.45, 2.75) is 25.4 Å². The molecule has 0 radical (unpaired) electrons. The van der Waals surface area contributed by atoms with Crippen LogP contribution in [0.1, 0.15) is 19.3 Å². The van der Waals surface area contributed by atoms with Crippen molar-refractivity contribution in [1.82, 2.24) is 5.32 Å². The van der Waals surface area contributed by atoms with Gasteiger partial charge >= 0.3 is 6.18 Å². The Morgan fingerprint density at radius 1 is 1.41 bits per heavy atom. The molecule has 1 unspecified atom stereocenters. The van der Waals surface area contributed by atoms with E-state index in [1.54, 1.807) is 12.1 Å². The van der Waals surface area contributed by atoms with Crippen LogP contribution in [-0.2, 0) is 4.79 Å². The Balaban J connectivity index is 1.80. The molecular weight excluding hydrogens is 297 g/mol. The maximum atomic E-state index is 12.1. The summed E-state index contributed by atoms with van der Waals surface area (Å²) >= 11 is 0. The van der Waals surface area contributed by atoms with Gasteiger partial charge in [0.1, 0.15) is 5.75 Å². The van der Waals surface area contributed by atoms with Crippen LogP contribution in [0.15, 0.2) is 24.3 Å². The topological polar surface area (TPSA) is 50.4 Å². The van der Waals surface area contributed by atoms with E-state index < -0.39 is 12.8 Å². The fourth-order valence-electron chi connectivity index (χ4n) is 2.35. The summed E-state index contributed by atoms with van der Waals surface area (Å²) in [5.41, 5.74) is 0.439. The molecule has 1 aromatic rings. The molecule has 1 aliphatic heterocycles. The molecule has 0 bridgehead atoms. The summed E-state index contributed by atoms with van der Waals surface area (Å²) in [5, 5.41) is 5.92. The molecular formula is C15H19F3N2O2. The van der Waals surface area contributed by atoms with Crippen molar-refractivity contribution in [1.29, 1.82) is 0 Å². The molecule has 1 atom stereocenters. The van der Waals surface area contributed by atoms with Crippen molar-refractivity contribution >= 4 is 11.6 Å². The number of benzene rings is 1. The first-order chi connectivity index (χ1) is 10.4. The highest BCUT2D eigenvalue weighted by atomic mass is 19.4. The van der Waals surface area contributed by atoms with Crippen LogP contribution in [0.2, 0.25) is 0 Å². The molecule has 2 rings (SSSR count). The van der Waals surface area contributed by atoms with E-state index >= 15 is 0 Å². The second-order valence-corrected chi connectivity index (χ2v) is 5.38. The quantitative estimate of drug-likeness (QED) is 0.848. The van der Waals surface area contributed by atoms with Crippen LogP contribution < -0.4 is 15.4 Å². The Bertz CT molecular complexity index is 500. The predicted octanol–water partition coefficient (Wildman–Crippen LogP) is 2.96. The summed E-state index contributed by atoms with van der Waals surface area (Å²) in [6.07, 6.45) is -2.09. The molecule has 1 aromatic carbocycles. The van der Waals surface area contributed by atoms with Gasteiger partial charge in [0, 0.05) is 18.2 Å². The predicted molar refractivity (Wildman–Crippen MR) is 76.8 cm³/mol. The molecule has 0 aromatic heterocycles. The fraction of sp³-hybridized carbons (Fsp3) is 0.533. The molecule has 0 spiro atoms. The molecule has 0 aliphatic carbocycles. The molecule has 22 heavy (non-hydrogen) atoms. The van der Waals surface area contributed by atoms with Crippen molar-refractivity contribution in [2.24, 2.45) is 5.92 Å². The minimum absolute atomic E-state index is 0.0788. The van der Waals surface area contributed by atoms with E-state index in [9.17, 15) is 18.0 Å². The van der Waals surface area contributed by atoms with Gasteiger partial charge in [0.05, 0.1) is 0 Å². The maximum absolute atomic E-state index is 12.1. The molecule has 7 heteroatoms. The van der Waals surface area contributed by atoms with Gasteiger partial charge in [0.15, 0.2) is 6.61 Å². The van der Waals surface area contributed by atoms with Crippen LogP contribution in [0, 0.1) is 5.92 Å². The summed E-state index contributed by atoms with van der Waals surface area (Å²) in [4.78, 5) is 11.8. The lowest BCUT2D eigenvalue weighted by atomic mass is 10.0. The molecule has 2 N–H and O–H groups in total. The van der Waals surface area contributed by atoms with Gasteiger partial charge in [-0.2, -0.15) is 13.2 Å². The average molecular weight is 316 g/mol. The van der Waals surface area contributed by atoms with Gasteiger partial charge in [0.25, 0.3) is 0 Å². The van der Waals surface area contributed by atoms with E-state index in [-0.39, 0.29) is 11.7 Å². The number of alkyl halides is 3. The van der Waals surface area contributed by atoms with Gasteiger partial charge in [0.2, 0.25) is 5.91 Å². The zero-order chi connectivity index (χ0) is 16.0. The van der Waals surface area contributed by atoms with Crippen molar-refractivity contribution in [2.75, 3.05) is 25.0 Å². The highest BCUT2D eigenvalue weighted by molar-refractivity contribution is 5.90. The lowest BCUT2D eigenvalue weighted by Gasteiger charge is -2.11. The van der Waals surface area contributed by atoms with Crippen LogP contribution in [0.4, 0.5) is 18.9 Å². The van der Waals surface area contributed by atoms with Gasteiger partial charge < -0.3 is 15.4 Å². The zero-order valence-electron chi connectivity index (χ0n) is 12.1. The third-order valence-corrected chi connectivity index (χ3v) is 3.46. The van der Waals surface area contributed by atoms with E-state index in [0.29, 0.717) is 18.0 Å². The first-order valence-corrected chi connectivity index (χ1v) is 7.22. The number of amides is 1. The van der Waals surface area contributed by atoms with Crippen LogP contribution in [0.25, 0.3) is 0 Å². The third-order valence-electron chi connectivity index (χ3n) is 3.46. The summed E-state index contributed by atoms with van der Waals surface area (Å²) in [5.74, 6) is 0.460. The number of rotatable bonds is 6. The number of hydrogen-bond donors (Lipinski definition) is 2. The second kappa shape index (κ2) is 7.49. The Morgan fingerprint density at radius 3 is 2.91 bits per heavy atom. The standard InChI is InChI=1S/C15H19F3N2O2/c16-15(17,18)10-22-13-3-1-2-12(8-13)20-14(21)5-4-11-6-7-19-9-11/h1-3,8,11,19H,4-7,9-10H2,(H,20,21). The van der Waals surface area contributed by atoms with Crippen LogP contribution in [0.3, 0.4) is 0 Å². The first kappa shape index (κ1) is 16.6. The number of carbonyl (C=O) groups excluding carboxylic acids is 1. The van der Waals surface area contributed by atoms with Gasteiger partial charge in [-0.1, -0.05) is 6.07 Å². The monoisotopic (exact) mass is 316 g/mol. The number of ether oxygens (including phenoxy) is 1. The van der Waals surface area contributed by atoms with Crippen molar-refractivity contribution in [3.05, 3.63) is 24.3 Å². The van der Waals surface area contributed by atoms with Crippen molar-refractivity contribution in [3.8, 4) is 5.75 Å². The SMILES string of the molecule is O=C(CCC1CCNC1)Nc1cccc(OCC(F)(F)F)c1. The molecule has 1 amide bonds. The first-order valence-electron chi connectivity index (χ1n) is 7.22. The van der Waals surface area contributed by atoms with Crippen LogP contribution in [0.5, 0.6) is 5.75 Å². The minimum Gasteiger partial charge on any atom is -0.484 e. The number of nitrogens with one attached hydrogen (secondary N) is 2. The third kappa shape index (κ3) is 5.93. The van der Waals surface area contributed by atoms with E-state index in [2.05, 4.69) is 15.4 Å². The van der Waals surface area contributed by atoms with Crippen LogP contribution >= 0.6 is 0 Å². The lowest BCUT2D eigenvalue weighted by Crippen LogP contribution is -2.19. The summed E-state index contributed by atoms with van der Waals surface area (Å²) < 4.78 is 41.0. The smallest absolute Gasteiger partial charge is 0.422 e. The largest absolute Gasteiger partial charge is 0.484 e. The lowest BCUT2D eigenvalue weighted by molar-refractivity contribution is -0.153. The van der Waals surface area contributed by atoms with E-state index in [0.717, 1.165) is 25.9 Å². The number of anilines is 1. The highest BCUT2D eigenvalue weighted by Gasteiger charge is 2.28. The molecule has 1 fully saturated rings. The van der Waals surface area contributed by atoms with Crippen LogP contribution in [-0.4, -0.2) is 31.8 Å². The Labute approximate surface area is 127 Å². The van der Waals surface area contributed by atoms with Gasteiger partial charge in [-0.05, 0) is 44.0 Å². The molecule has 122 valence electrons. The molecule has 1 saturated heterocycles. The Hall–Kier alpha value is -1.76. The average Bonchev–Trinajstić information content (AvgIpc) is 2.96. The van der Waals surface area contributed by atoms with Gasteiger partial charge in [-0.3, -0.25) is 4.79 Å². The molecule has 1 heterocycles.